The Balaban J connectivity index is 1.40. The first-order valence-electron chi connectivity index (χ1n) is 17.3. The van der Waals surface area contributed by atoms with E-state index < -0.39 is 37.6 Å². The van der Waals surface area contributed by atoms with Crippen LogP contribution in [0, 0.1) is 5.41 Å². The van der Waals surface area contributed by atoms with Crippen LogP contribution >= 0.6 is 0 Å². The van der Waals surface area contributed by atoms with E-state index in [4.69, 9.17) is 4.74 Å². The quantitative estimate of drug-likeness (QED) is 0.0664. The molecule has 2 aliphatic rings. The second kappa shape index (κ2) is 13.5. The number of carbonyl (C=O) groups is 2. The largest absolute Gasteiger partial charge is 0.480 e. The molecule has 2 heterocycles. The highest BCUT2D eigenvalue weighted by atomic mass is 32.2. The molecule has 0 saturated carbocycles. The molecule has 0 saturated heterocycles. The van der Waals surface area contributed by atoms with Gasteiger partial charge in [-0.15, -0.1) is 0 Å². The minimum atomic E-state index is -4.50. The van der Waals surface area contributed by atoms with Crippen molar-refractivity contribution in [2.24, 2.45) is 5.41 Å². The number of carbonyl (C=O) groups excluding carboxylic acids is 1. The van der Waals surface area contributed by atoms with Crippen LogP contribution in [0.15, 0.2) is 106 Å². The van der Waals surface area contributed by atoms with E-state index in [2.05, 4.69) is 0 Å². The van der Waals surface area contributed by atoms with Gasteiger partial charge in [-0.2, -0.15) is 21.4 Å². The first-order chi connectivity index (χ1) is 25.6. The van der Waals surface area contributed by atoms with E-state index in [0.29, 0.717) is 45.8 Å². The smallest absolute Gasteiger partial charge is 0.324 e. The van der Waals surface area contributed by atoms with Gasteiger partial charge in [-0.05, 0) is 75.1 Å². The third kappa shape index (κ3) is 5.95. The Morgan fingerprint density at radius 1 is 0.833 bits per heavy atom. The lowest BCUT2D eigenvalue weighted by atomic mass is 9.72. The maximum Gasteiger partial charge on any atom is 0.324 e. The van der Waals surface area contributed by atoms with Crippen LogP contribution in [0.2, 0.25) is 0 Å². The van der Waals surface area contributed by atoms with Gasteiger partial charge in [0.05, 0.1) is 17.6 Å². The van der Waals surface area contributed by atoms with Crippen molar-refractivity contribution in [3.05, 3.63) is 107 Å². The highest BCUT2D eigenvalue weighted by Crippen LogP contribution is 2.42. The van der Waals surface area contributed by atoms with Crippen molar-refractivity contribution >= 4 is 82.1 Å². The number of hydrogen-bond acceptors (Lipinski definition) is 7. The summed E-state index contributed by atoms with van der Waals surface area (Å²) >= 11 is 0. The molecule has 1 aliphatic carbocycles. The second-order valence-corrected chi connectivity index (χ2v) is 16.0. The summed E-state index contributed by atoms with van der Waals surface area (Å²) in [7, 11) is -9.00. The number of allylic oxidation sites excluding steroid dienone is 6. The van der Waals surface area contributed by atoms with Gasteiger partial charge in [0.1, 0.15) is 16.3 Å². The van der Waals surface area contributed by atoms with E-state index in [-0.39, 0.29) is 29.2 Å². The number of nitrogens with zero attached hydrogens (tertiary/aromatic N) is 2. The lowest BCUT2D eigenvalue weighted by Gasteiger charge is -2.31. The van der Waals surface area contributed by atoms with Crippen LogP contribution in [0.3, 0.4) is 0 Å². The summed E-state index contributed by atoms with van der Waals surface area (Å²) in [6, 6.07) is 16.4. The van der Waals surface area contributed by atoms with Crippen LogP contribution in [0.25, 0.3) is 38.5 Å². The minimum absolute atomic E-state index is 0.0116. The first-order valence-corrected chi connectivity index (χ1v) is 20.2. The number of benzene rings is 4. The number of ether oxygens (including phenoxy) is 1. The Morgan fingerprint density at radius 2 is 1.48 bits per heavy atom. The number of aryl methyl sites for hydroxylation is 1. The summed E-state index contributed by atoms with van der Waals surface area (Å²) in [5.74, 6) is -2.19. The van der Waals surface area contributed by atoms with Crippen molar-refractivity contribution < 1.29 is 49.9 Å². The topological polar surface area (TPSA) is 180 Å². The maximum atomic E-state index is 13.5. The number of carboxylic acids is 1. The van der Waals surface area contributed by atoms with Crippen LogP contribution in [0.4, 0.5) is 5.69 Å². The number of carboxylic acid groups (broad SMARTS) is 1. The molecule has 7 rings (SSSR count). The van der Waals surface area contributed by atoms with E-state index in [9.17, 15) is 40.6 Å². The molecule has 0 amide bonds. The van der Waals surface area contributed by atoms with Crippen molar-refractivity contribution in [3.8, 4) is 0 Å². The van der Waals surface area contributed by atoms with E-state index in [1.165, 1.54) is 12.1 Å². The highest BCUT2D eigenvalue weighted by molar-refractivity contribution is 7.86. The number of rotatable bonds is 10. The molecule has 1 atom stereocenters. The Labute approximate surface area is 311 Å². The third-order valence-electron chi connectivity index (χ3n) is 10.2. The molecule has 0 bridgehead atoms. The molecule has 5 aromatic rings. The van der Waals surface area contributed by atoms with Crippen molar-refractivity contribution in [2.75, 3.05) is 13.2 Å². The SMILES string of the molecule is CCOC(=O)C1(C(=O)O)CC(=CC=c2c3cccc4c(S(=O)(=O)O)ccc(c43)n2CC)C=C(C=CC2=[N+](CC)c3ccc(S(=O)(=O)O)c4cccc2c34)C1. The lowest BCUT2D eigenvalue weighted by molar-refractivity contribution is -0.430. The molecule has 1 aromatic heterocycles. The van der Waals surface area contributed by atoms with Crippen molar-refractivity contribution in [1.82, 2.24) is 4.57 Å². The summed E-state index contributed by atoms with van der Waals surface area (Å²) in [4.78, 5) is 26.1. The van der Waals surface area contributed by atoms with Gasteiger partial charge in [0.2, 0.25) is 11.4 Å². The monoisotopic (exact) mass is 769 g/mol. The fourth-order valence-corrected chi connectivity index (χ4v) is 9.35. The minimum Gasteiger partial charge on any atom is -0.480 e. The van der Waals surface area contributed by atoms with Crippen molar-refractivity contribution in [1.29, 1.82) is 0 Å². The summed E-state index contributed by atoms with van der Waals surface area (Å²) in [6.07, 6.45) is 8.67. The summed E-state index contributed by atoms with van der Waals surface area (Å²) in [5, 5.41) is 14.1. The van der Waals surface area contributed by atoms with Gasteiger partial charge in [-0.1, -0.05) is 48.6 Å². The van der Waals surface area contributed by atoms with Crippen LogP contribution in [0.1, 0.15) is 39.2 Å². The van der Waals surface area contributed by atoms with Gasteiger partial charge in [-0.3, -0.25) is 18.7 Å². The van der Waals surface area contributed by atoms with Crippen molar-refractivity contribution in [2.45, 2.75) is 49.9 Å². The van der Waals surface area contributed by atoms with Crippen LogP contribution < -0.4 is 5.35 Å². The number of hydrogen-bond donors (Lipinski definition) is 3. The predicted molar refractivity (Wildman–Crippen MR) is 204 cm³/mol. The van der Waals surface area contributed by atoms with Gasteiger partial charge in [0, 0.05) is 51.1 Å². The van der Waals surface area contributed by atoms with Gasteiger partial charge in [0.25, 0.3) is 20.2 Å². The molecule has 0 fully saturated rings. The van der Waals surface area contributed by atoms with Gasteiger partial charge in [0.15, 0.2) is 5.41 Å². The Bertz CT molecular complexity index is 2860. The van der Waals surface area contributed by atoms with Crippen LogP contribution in [-0.2, 0) is 41.1 Å². The number of aliphatic carboxylic acids is 1. The number of aromatic nitrogens is 1. The lowest BCUT2D eigenvalue weighted by Crippen LogP contribution is -2.42. The summed E-state index contributed by atoms with van der Waals surface area (Å²) in [6.45, 7) is 6.52. The van der Waals surface area contributed by atoms with Gasteiger partial charge >= 0.3 is 11.9 Å². The Kier molecular flexibility index (Phi) is 9.21. The van der Waals surface area contributed by atoms with E-state index >= 15 is 0 Å². The zero-order chi connectivity index (χ0) is 38.7. The molecular formula is C40H37N2O10S2+. The van der Waals surface area contributed by atoms with Crippen LogP contribution in [0.5, 0.6) is 0 Å². The standard InChI is InChI=1S/C40H36N2O10S2/c1-4-41-30(26-9-7-11-28-34(53(46,47)48)19-17-32(41)36(26)28)15-13-24-21-25(23-40(22-24,38(43)44)39(45)52-6-3)14-16-31-27-10-8-12-29-35(54(49,50)51)20-18-33(37(27)29)42(31)5-2/h7-21H,4-6,22-23H2,1-3H3,(H2-,43,44,46,47,48,49,50,51)/p+1. The molecule has 4 aromatic carbocycles. The zero-order valence-electron chi connectivity index (χ0n) is 29.6. The maximum absolute atomic E-state index is 13.5. The predicted octanol–water partition coefficient (Wildman–Crippen LogP) is 5.96. The molecule has 1 aliphatic heterocycles. The average molecular weight is 770 g/mol. The van der Waals surface area contributed by atoms with Gasteiger partial charge < -0.3 is 14.4 Å². The van der Waals surface area contributed by atoms with E-state index in [1.807, 2.05) is 53.4 Å². The normalized spacial score (nSPS) is 18.9. The second-order valence-electron chi connectivity index (χ2n) is 13.3. The molecule has 0 spiro atoms. The van der Waals surface area contributed by atoms with Crippen LogP contribution in [-0.4, -0.2) is 71.0 Å². The van der Waals surface area contributed by atoms with E-state index in [0.717, 1.165) is 33.2 Å². The fourth-order valence-electron chi connectivity index (χ4n) is 7.98. The molecular weight excluding hydrogens is 733 g/mol. The Morgan fingerprint density at radius 3 is 2.11 bits per heavy atom. The van der Waals surface area contributed by atoms with Crippen molar-refractivity contribution in [3.63, 3.8) is 0 Å². The molecule has 54 heavy (non-hydrogen) atoms. The molecule has 14 heteroatoms. The first kappa shape index (κ1) is 36.9. The molecule has 1 unspecified atom stereocenters. The van der Waals surface area contributed by atoms with E-state index in [1.54, 1.807) is 55.5 Å². The highest BCUT2D eigenvalue weighted by Gasteiger charge is 2.50. The molecule has 3 N–H and O–H groups in total. The fraction of sp³-hybridized carbons (Fsp3) is 0.225. The summed E-state index contributed by atoms with van der Waals surface area (Å²) < 4.78 is 78.0. The number of esters is 1. The Hall–Kier alpha value is -5.41. The molecule has 278 valence electrons. The average Bonchev–Trinajstić information content (AvgIpc) is 3.61. The molecule has 12 nitrogen and oxygen atoms in total. The van der Waals surface area contributed by atoms with Gasteiger partial charge in [-0.25, -0.2) is 0 Å². The molecule has 0 radical (unpaired) electrons. The zero-order valence-corrected chi connectivity index (χ0v) is 31.2. The summed E-state index contributed by atoms with van der Waals surface area (Å²) in [5.41, 5.74) is 2.10. The third-order valence-corrected chi connectivity index (χ3v) is 12.1.